The Kier molecular flexibility index (Phi) is 1.51. The number of hydrogen-bond donors (Lipinski definition) is 1. The van der Waals surface area contributed by atoms with Crippen molar-refractivity contribution in [3.05, 3.63) is 6.42 Å². The van der Waals surface area contributed by atoms with E-state index in [2.05, 4.69) is 0 Å². The van der Waals surface area contributed by atoms with E-state index < -0.39 is 5.97 Å². The van der Waals surface area contributed by atoms with E-state index in [4.69, 9.17) is 5.11 Å². The highest BCUT2D eigenvalue weighted by molar-refractivity contribution is 5.70. The molecular formula is C6H9O2. The van der Waals surface area contributed by atoms with Gasteiger partial charge in [0.2, 0.25) is 0 Å². The second-order valence-electron chi connectivity index (χ2n) is 2.14. The first-order chi connectivity index (χ1) is 3.80. The van der Waals surface area contributed by atoms with Crippen LogP contribution >= 0.6 is 0 Å². The average Bonchev–Trinajstić information content (AvgIpc) is 2.12. The molecule has 0 bridgehead atoms. The highest BCUT2D eigenvalue weighted by Crippen LogP contribution is 2.23. The van der Waals surface area contributed by atoms with Crippen molar-refractivity contribution in [2.45, 2.75) is 19.3 Å². The molecule has 1 saturated carbocycles. The predicted octanol–water partition coefficient (Wildman–Crippen LogP) is 1.08. The summed E-state index contributed by atoms with van der Waals surface area (Å²) >= 11 is 0. The Labute approximate surface area is 48.5 Å². The fourth-order valence-electron chi connectivity index (χ4n) is 0.980. The lowest BCUT2D eigenvalue weighted by Gasteiger charge is -1.97. The quantitative estimate of drug-likeness (QED) is 0.552. The molecular weight excluding hydrogens is 104 g/mol. The Morgan fingerprint density at radius 1 is 1.75 bits per heavy atom. The maximum Gasteiger partial charge on any atom is 0.306 e. The van der Waals surface area contributed by atoms with Gasteiger partial charge in [0.1, 0.15) is 0 Å². The van der Waals surface area contributed by atoms with Gasteiger partial charge in [0.15, 0.2) is 0 Å². The van der Waals surface area contributed by atoms with Gasteiger partial charge >= 0.3 is 5.97 Å². The lowest BCUT2D eigenvalue weighted by Crippen LogP contribution is -2.07. The van der Waals surface area contributed by atoms with E-state index in [1.807, 2.05) is 6.42 Å². The van der Waals surface area contributed by atoms with Crippen LogP contribution in [0.5, 0.6) is 0 Å². The number of hydrogen-bond acceptors (Lipinski definition) is 1. The van der Waals surface area contributed by atoms with Crippen LogP contribution in [0.25, 0.3) is 0 Å². The van der Waals surface area contributed by atoms with Crippen molar-refractivity contribution in [2.75, 3.05) is 0 Å². The van der Waals surface area contributed by atoms with Crippen LogP contribution < -0.4 is 0 Å². The Morgan fingerprint density at radius 2 is 2.50 bits per heavy atom. The Bertz CT molecular complexity index is 92.7. The van der Waals surface area contributed by atoms with Crippen LogP contribution in [0, 0.1) is 12.3 Å². The summed E-state index contributed by atoms with van der Waals surface area (Å²) in [5.41, 5.74) is 0. The van der Waals surface area contributed by atoms with Crippen molar-refractivity contribution in [1.82, 2.24) is 0 Å². The molecule has 2 nitrogen and oxygen atoms in total. The third-order valence-corrected chi connectivity index (χ3v) is 1.52. The summed E-state index contributed by atoms with van der Waals surface area (Å²) in [5, 5.41) is 8.39. The maximum atomic E-state index is 10.2. The number of carbonyl (C=O) groups is 1. The largest absolute Gasteiger partial charge is 0.481 e. The Hall–Kier alpha value is -0.530. The molecule has 1 fully saturated rings. The summed E-state index contributed by atoms with van der Waals surface area (Å²) in [5.74, 6) is -0.714. The van der Waals surface area contributed by atoms with E-state index in [1.165, 1.54) is 0 Å². The molecule has 2 heteroatoms. The molecule has 1 unspecified atom stereocenters. The van der Waals surface area contributed by atoms with Gasteiger partial charge in [0.05, 0.1) is 5.92 Å². The van der Waals surface area contributed by atoms with Crippen molar-refractivity contribution in [3.63, 3.8) is 0 Å². The molecule has 1 N–H and O–H groups in total. The molecule has 1 radical (unpaired) electrons. The van der Waals surface area contributed by atoms with Crippen LogP contribution in [-0.2, 0) is 4.79 Å². The van der Waals surface area contributed by atoms with E-state index in [0.29, 0.717) is 0 Å². The SMILES string of the molecule is O=C(O)C1C[CH]CC1. The molecule has 8 heavy (non-hydrogen) atoms. The monoisotopic (exact) mass is 113 g/mol. The van der Waals surface area contributed by atoms with Crippen LogP contribution in [-0.4, -0.2) is 11.1 Å². The highest BCUT2D eigenvalue weighted by Gasteiger charge is 2.21. The lowest BCUT2D eigenvalue weighted by molar-refractivity contribution is -0.141. The van der Waals surface area contributed by atoms with E-state index in [9.17, 15) is 4.79 Å². The first kappa shape index (κ1) is 5.60. The normalized spacial score (nSPS) is 21.5. The van der Waals surface area contributed by atoms with E-state index >= 15 is 0 Å². The summed E-state index contributed by atoms with van der Waals surface area (Å²) in [6.07, 6.45) is 4.64. The van der Waals surface area contributed by atoms with Gasteiger partial charge in [-0.15, -0.1) is 0 Å². The summed E-state index contributed by atoms with van der Waals surface area (Å²) < 4.78 is 0. The van der Waals surface area contributed by atoms with Gasteiger partial charge in [-0.25, -0.2) is 0 Å². The number of rotatable bonds is 1. The Morgan fingerprint density at radius 3 is 2.75 bits per heavy atom. The topological polar surface area (TPSA) is 37.3 Å². The summed E-state index contributed by atoms with van der Waals surface area (Å²) in [7, 11) is 0. The smallest absolute Gasteiger partial charge is 0.306 e. The van der Waals surface area contributed by atoms with Gasteiger partial charge in [-0.2, -0.15) is 0 Å². The molecule has 1 aliphatic rings. The first-order valence-electron chi connectivity index (χ1n) is 2.85. The van der Waals surface area contributed by atoms with Crippen LogP contribution in [0.3, 0.4) is 0 Å². The minimum atomic E-state index is -0.640. The molecule has 0 aliphatic heterocycles. The van der Waals surface area contributed by atoms with Crippen LogP contribution in [0.4, 0.5) is 0 Å². The van der Waals surface area contributed by atoms with Crippen LogP contribution in [0.15, 0.2) is 0 Å². The van der Waals surface area contributed by atoms with Crippen LogP contribution in [0.2, 0.25) is 0 Å². The predicted molar refractivity (Wildman–Crippen MR) is 29.3 cm³/mol. The van der Waals surface area contributed by atoms with Gasteiger partial charge in [-0.3, -0.25) is 4.79 Å². The molecule has 0 saturated heterocycles. The molecule has 0 aromatic carbocycles. The molecule has 45 valence electrons. The zero-order valence-corrected chi connectivity index (χ0v) is 4.63. The van der Waals surface area contributed by atoms with Gasteiger partial charge in [0.25, 0.3) is 0 Å². The molecule has 0 spiro atoms. The lowest BCUT2D eigenvalue weighted by atomic mass is 10.1. The fourth-order valence-corrected chi connectivity index (χ4v) is 0.980. The van der Waals surface area contributed by atoms with E-state index in [-0.39, 0.29) is 5.92 Å². The van der Waals surface area contributed by atoms with Gasteiger partial charge in [-0.05, 0) is 25.7 Å². The summed E-state index contributed by atoms with van der Waals surface area (Å²) in [6.45, 7) is 0. The number of carboxylic acid groups (broad SMARTS) is 1. The van der Waals surface area contributed by atoms with E-state index in [0.717, 1.165) is 19.3 Å². The first-order valence-corrected chi connectivity index (χ1v) is 2.85. The minimum Gasteiger partial charge on any atom is -0.481 e. The van der Waals surface area contributed by atoms with Crippen molar-refractivity contribution in [3.8, 4) is 0 Å². The third-order valence-electron chi connectivity index (χ3n) is 1.52. The molecule has 1 atom stereocenters. The van der Waals surface area contributed by atoms with E-state index in [1.54, 1.807) is 0 Å². The summed E-state index contributed by atoms with van der Waals surface area (Å²) in [4.78, 5) is 10.2. The minimum absolute atomic E-state index is 0.0741. The second kappa shape index (κ2) is 2.16. The maximum absolute atomic E-state index is 10.2. The molecule has 0 aromatic heterocycles. The van der Waals surface area contributed by atoms with Gasteiger partial charge < -0.3 is 5.11 Å². The highest BCUT2D eigenvalue weighted by atomic mass is 16.4. The average molecular weight is 113 g/mol. The molecule has 0 aromatic rings. The third kappa shape index (κ3) is 0.997. The second-order valence-corrected chi connectivity index (χ2v) is 2.14. The number of aliphatic carboxylic acids is 1. The Balaban J connectivity index is 2.35. The summed E-state index contributed by atoms with van der Waals surface area (Å²) in [6, 6.07) is 0. The standard InChI is InChI=1S/C6H9O2/c7-6(8)5-3-1-2-4-5/h1,5H,2-4H2,(H,7,8). The molecule has 1 aliphatic carbocycles. The number of carboxylic acids is 1. The van der Waals surface area contributed by atoms with Gasteiger partial charge in [0, 0.05) is 0 Å². The van der Waals surface area contributed by atoms with Crippen molar-refractivity contribution in [1.29, 1.82) is 0 Å². The van der Waals surface area contributed by atoms with Crippen molar-refractivity contribution >= 4 is 5.97 Å². The van der Waals surface area contributed by atoms with Crippen LogP contribution in [0.1, 0.15) is 19.3 Å². The zero-order valence-electron chi connectivity index (χ0n) is 4.63. The molecule has 0 amide bonds. The molecule has 1 rings (SSSR count). The van der Waals surface area contributed by atoms with Crippen molar-refractivity contribution in [2.24, 2.45) is 5.92 Å². The fraction of sp³-hybridized carbons (Fsp3) is 0.667. The van der Waals surface area contributed by atoms with Gasteiger partial charge in [-0.1, -0.05) is 0 Å². The van der Waals surface area contributed by atoms with Crippen molar-refractivity contribution < 1.29 is 9.90 Å². The zero-order chi connectivity index (χ0) is 5.98. The molecule has 0 heterocycles.